The molecule has 3 aromatic carbocycles. The number of ether oxygens (including phenoxy) is 2. The normalized spacial score (nSPS) is 13.8. The second kappa shape index (κ2) is 11.2. The van der Waals surface area contributed by atoms with Crippen LogP contribution in [-0.4, -0.2) is 37.9 Å². The van der Waals surface area contributed by atoms with Crippen LogP contribution in [0.2, 0.25) is 5.02 Å². The van der Waals surface area contributed by atoms with Gasteiger partial charge in [0.25, 0.3) is 11.8 Å². The summed E-state index contributed by atoms with van der Waals surface area (Å²) < 4.78 is 34.9. The Kier molecular flexibility index (Phi) is 6.68. The largest absolute Gasteiger partial charge is 0.491 e. The van der Waals surface area contributed by atoms with Crippen molar-refractivity contribution in [3.63, 3.8) is 0 Å². The van der Waals surface area contributed by atoms with Crippen molar-refractivity contribution in [3.8, 4) is 16.2 Å². The van der Waals surface area contributed by atoms with Crippen LogP contribution >= 0.6 is 38.9 Å². The number of rotatable bonds is 9. The average molecular weight is 617 g/mol. The van der Waals surface area contributed by atoms with E-state index >= 15 is 0 Å². The highest BCUT2D eigenvalue weighted by Crippen LogP contribution is 2.46. The van der Waals surface area contributed by atoms with E-state index in [0.717, 1.165) is 27.9 Å². The van der Waals surface area contributed by atoms with Gasteiger partial charge in [-0.05, 0) is 71.8 Å². The number of benzene rings is 3. The molecular weight excluding hydrogens is 590 g/mol. The highest BCUT2D eigenvalue weighted by molar-refractivity contribution is 9.08. The smallest absolute Gasteiger partial charge is 0.266 e. The number of carbonyl (C=O) groups is 3. The molecule has 2 amide bonds. The van der Waals surface area contributed by atoms with Crippen LogP contribution in [0.5, 0.6) is 5.75 Å². The zero-order valence-electron chi connectivity index (χ0n) is 23.0. The number of halogens is 2. The van der Waals surface area contributed by atoms with Crippen LogP contribution in [0.4, 0.5) is 5.00 Å². The Morgan fingerprint density at radius 3 is 2.39 bits per heavy atom. The number of fused-ring (bicyclic) bond motifs is 1. The Morgan fingerprint density at radius 1 is 1.00 bits per heavy atom. The van der Waals surface area contributed by atoms with Gasteiger partial charge in [-0.2, -0.15) is 0 Å². The number of thiophene rings is 1. The Labute approximate surface area is 241 Å². The first-order valence-corrected chi connectivity index (χ1v) is 13.7. The molecule has 0 bridgehead atoms. The quantitative estimate of drug-likeness (QED) is 0.0875. The number of nitrogens with zero attached hydrogens (tertiary/aromatic N) is 1. The maximum Gasteiger partial charge on any atom is 0.266 e. The molecule has 0 aliphatic carbocycles. The van der Waals surface area contributed by atoms with Crippen LogP contribution in [0.1, 0.15) is 46.3 Å². The summed E-state index contributed by atoms with van der Waals surface area (Å²) in [5.74, 6) is -1.36. The van der Waals surface area contributed by atoms with Gasteiger partial charge in [0.05, 0.1) is 27.4 Å². The molecule has 0 spiro atoms. The molecule has 4 aromatic rings. The number of alkyl halides is 1. The van der Waals surface area contributed by atoms with Crippen molar-refractivity contribution in [3.05, 3.63) is 106 Å². The van der Waals surface area contributed by atoms with Crippen LogP contribution in [-0.2, 0) is 10.1 Å². The van der Waals surface area contributed by atoms with Crippen molar-refractivity contribution in [2.75, 3.05) is 25.2 Å². The molecule has 192 valence electrons. The van der Waals surface area contributed by atoms with Crippen LogP contribution in [0.15, 0.2) is 72.7 Å². The topological polar surface area (TPSA) is 72.9 Å². The molecule has 1 aliphatic rings. The van der Waals surface area contributed by atoms with E-state index in [9.17, 15) is 14.4 Å². The maximum absolute atomic E-state index is 14.0. The summed E-state index contributed by atoms with van der Waals surface area (Å²) in [5, 5.41) is 0.778. The van der Waals surface area contributed by atoms with E-state index in [1.807, 2.05) is 12.1 Å². The number of amides is 2. The molecule has 6 nitrogen and oxygen atoms in total. The molecule has 0 fully saturated rings. The number of imide groups is 1. The second-order valence-electron chi connectivity index (χ2n) is 8.20. The molecule has 1 aliphatic heterocycles. The molecule has 0 unspecified atom stereocenters. The maximum atomic E-state index is 14.0. The van der Waals surface area contributed by atoms with Crippen molar-refractivity contribution in [1.82, 2.24) is 0 Å². The summed E-state index contributed by atoms with van der Waals surface area (Å²) in [7, 11) is 1.59. The number of hydrogen-bond acceptors (Lipinski definition) is 6. The third kappa shape index (κ3) is 4.80. The van der Waals surface area contributed by atoms with Crippen LogP contribution in [0, 0.1) is 0 Å². The van der Waals surface area contributed by atoms with E-state index in [1.165, 1.54) is 0 Å². The summed E-state index contributed by atoms with van der Waals surface area (Å²) in [6.45, 7) is 0.812. The number of hydrogen-bond donors (Lipinski definition) is 0. The minimum absolute atomic E-state index is 0.0958. The van der Waals surface area contributed by atoms with Gasteiger partial charge in [-0.15, -0.1) is 11.3 Å². The first kappa shape index (κ1) is 22.7. The highest BCUT2D eigenvalue weighted by atomic mass is 79.9. The van der Waals surface area contributed by atoms with Crippen molar-refractivity contribution in [2.24, 2.45) is 0 Å². The summed E-state index contributed by atoms with van der Waals surface area (Å²) >= 11 is 10.6. The third-order valence-corrected chi connectivity index (χ3v) is 8.01. The third-order valence-electron chi connectivity index (χ3n) is 5.93. The van der Waals surface area contributed by atoms with Gasteiger partial charge in [0.15, 0.2) is 5.78 Å². The van der Waals surface area contributed by atoms with Crippen LogP contribution < -0.4 is 9.64 Å². The van der Waals surface area contributed by atoms with E-state index < -0.39 is 29.7 Å². The minimum atomic E-state index is -0.815. The van der Waals surface area contributed by atoms with Crippen LogP contribution in [0.25, 0.3) is 10.4 Å². The predicted octanol–water partition coefficient (Wildman–Crippen LogP) is 7.02. The lowest BCUT2D eigenvalue weighted by atomic mass is 9.99. The summed E-state index contributed by atoms with van der Waals surface area (Å²) in [4.78, 5) is 42.8. The highest BCUT2D eigenvalue weighted by Gasteiger charge is 2.40. The second-order valence-corrected chi connectivity index (χ2v) is 10.2. The Bertz CT molecular complexity index is 1690. The molecule has 38 heavy (non-hydrogen) atoms. The number of carbonyl (C=O) groups excluding carboxylic acids is 3. The average Bonchev–Trinajstić information content (AvgIpc) is 3.46. The van der Waals surface area contributed by atoms with E-state index in [4.69, 9.17) is 25.2 Å². The molecule has 2 heterocycles. The lowest BCUT2D eigenvalue weighted by molar-refractivity contribution is 0.0927. The van der Waals surface area contributed by atoms with Gasteiger partial charge in [0.2, 0.25) is 0 Å². The number of methoxy groups -OCH3 is 1. The summed E-state index contributed by atoms with van der Waals surface area (Å²) in [5.41, 5.74) is 1.38. The van der Waals surface area contributed by atoms with Crippen molar-refractivity contribution < 1.29 is 28.0 Å². The predicted molar refractivity (Wildman–Crippen MR) is 152 cm³/mol. The molecule has 5 rings (SSSR count). The van der Waals surface area contributed by atoms with Crippen molar-refractivity contribution >= 4 is 61.5 Å². The van der Waals surface area contributed by atoms with Crippen molar-refractivity contribution in [1.29, 1.82) is 0 Å². The Balaban J connectivity index is 1.67. The van der Waals surface area contributed by atoms with E-state index in [-0.39, 0.29) is 33.1 Å². The van der Waals surface area contributed by atoms with Gasteiger partial charge >= 0.3 is 0 Å². The van der Waals surface area contributed by atoms with E-state index in [0.29, 0.717) is 40.0 Å². The van der Waals surface area contributed by atoms with E-state index in [1.54, 1.807) is 43.5 Å². The molecule has 1 aromatic heterocycles. The molecular formula is C29H21BrClNO5S. The van der Waals surface area contributed by atoms with Gasteiger partial charge in [0, 0.05) is 27.9 Å². The Morgan fingerprint density at radius 2 is 1.71 bits per heavy atom. The molecule has 9 heteroatoms. The Hall–Kier alpha value is -3.30. The SMILES string of the molecule is [3H]c1cc2c(c([3H])c1[3H])C(=O)N(c1sc(-c3ccc(OCCOC)cc3)c(CBr)c1C(=O)c1ccc(Cl)cc1)C2=O. The van der Waals surface area contributed by atoms with Gasteiger partial charge < -0.3 is 9.47 Å². The van der Waals surface area contributed by atoms with E-state index in [2.05, 4.69) is 15.9 Å². The first-order chi connectivity index (χ1) is 19.7. The standard InChI is InChI=1S/C29H21BrClNO5S/c1-36-14-15-37-20-12-8-18(9-13-20)26-23(16-30)24(25(33)17-6-10-19(31)11-7-17)29(38-26)32-27(34)21-4-2-3-5-22(21)28(32)35/h2-13H,14-16H2,1H3/i2T,3T,4T. The summed E-state index contributed by atoms with van der Waals surface area (Å²) in [6.07, 6.45) is 0. The van der Waals surface area contributed by atoms with Crippen LogP contribution in [0.3, 0.4) is 0 Å². The molecule has 0 N–H and O–H groups in total. The fourth-order valence-electron chi connectivity index (χ4n) is 4.09. The van der Waals surface area contributed by atoms with Gasteiger partial charge in [-0.1, -0.05) is 39.6 Å². The first-order valence-electron chi connectivity index (χ1n) is 12.9. The fraction of sp³-hybridized carbons (Fsp3) is 0.138. The van der Waals surface area contributed by atoms with Gasteiger partial charge in [-0.3, -0.25) is 14.4 Å². The molecule has 0 atom stereocenters. The lowest BCUT2D eigenvalue weighted by Gasteiger charge is -2.14. The molecule has 0 saturated heterocycles. The number of ketones is 1. The lowest BCUT2D eigenvalue weighted by Crippen LogP contribution is -2.30. The van der Waals surface area contributed by atoms with Gasteiger partial charge in [0.1, 0.15) is 17.4 Å². The van der Waals surface area contributed by atoms with Gasteiger partial charge in [-0.25, -0.2) is 4.90 Å². The fourth-order valence-corrected chi connectivity index (χ4v) is 6.28. The summed E-state index contributed by atoms with van der Waals surface area (Å²) in [6, 6.07) is 13.3. The minimum Gasteiger partial charge on any atom is -0.491 e. The molecule has 0 radical (unpaired) electrons. The zero-order chi connectivity index (χ0) is 29.4. The monoisotopic (exact) mass is 615 g/mol. The number of anilines is 1. The van der Waals surface area contributed by atoms with Crippen molar-refractivity contribution in [2.45, 2.75) is 5.33 Å². The molecule has 0 saturated carbocycles. The zero-order valence-corrected chi connectivity index (χ0v) is 23.1.